The van der Waals surface area contributed by atoms with E-state index in [1.165, 1.54) is 4.57 Å². The molecule has 0 fully saturated rings. The molecule has 2 atom stereocenters. The van der Waals surface area contributed by atoms with Crippen LogP contribution in [0.4, 0.5) is 0 Å². The van der Waals surface area contributed by atoms with Gasteiger partial charge in [0.1, 0.15) is 0 Å². The molecule has 130 valence electrons. The van der Waals surface area contributed by atoms with Gasteiger partial charge in [-0.15, -0.1) is 0 Å². The minimum absolute atomic E-state index is 0.223. The van der Waals surface area contributed by atoms with Crippen molar-refractivity contribution in [2.24, 2.45) is 7.05 Å². The van der Waals surface area contributed by atoms with Crippen LogP contribution in [0.15, 0.2) is 53.3 Å². The van der Waals surface area contributed by atoms with E-state index in [1.54, 1.807) is 32.2 Å². The third-order valence-electron chi connectivity index (χ3n) is 4.39. The number of imidazole rings is 1. The molecule has 1 amide bonds. The number of nitrogens with one attached hydrogen (secondary N) is 2. The molecule has 0 aliphatic carbocycles. The number of hydrogen-bond donors (Lipinski definition) is 3. The van der Waals surface area contributed by atoms with Crippen molar-refractivity contribution in [3.05, 3.63) is 70.1 Å². The number of rotatable bonds is 5. The van der Waals surface area contributed by atoms with Gasteiger partial charge in [-0.05, 0) is 30.7 Å². The van der Waals surface area contributed by atoms with Crippen molar-refractivity contribution in [3.8, 4) is 0 Å². The van der Waals surface area contributed by atoms with Crippen LogP contribution in [0.3, 0.4) is 0 Å². The summed E-state index contributed by atoms with van der Waals surface area (Å²) in [5, 5.41) is 13.1. The SMILES string of the molecule is CC(NC(=O)c1ccc2[nH]c(=O)n(C)c2c1)C(O)Cc1ccccc1. The molecule has 25 heavy (non-hydrogen) atoms. The van der Waals surface area contributed by atoms with Gasteiger partial charge in [-0.1, -0.05) is 30.3 Å². The number of nitrogens with zero attached hydrogens (tertiary/aromatic N) is 1. The Morgan fingerprint density at radius 1 is 1.24 bits per heavy atom. The molecule has 2 unspecified atom stereocenters. The molecule has 1 aromatic heterocycles. The van der Waals surface area contributed by atoms with Crippen LogP contribution in [-0.4, -0.2) is 32.7 Å². The lowest BCUT2D eigenvalue weighted by atomic mass is 10.0. The predicted molar refractivity (Wildman–Crippen MR) is 96.6 cm³/mol. The second-order valence-electron chi connectivity index (χ2n) is 6.24. The lowest BCUT2D eigenvalue weighted by Gasteiger charge is -2.20. The monoisotopic (exact) mass is 339 g/mol. The van der Waals surface area contributed by atoms with Gasteiger partial charge in [0.05, 0.1) is 23.2 Å². The molecule has 6 heteroatoms. The molecule has 3 rings (SSSR count). The van der Waals surface area contributed by atoms with Crippen molar-refractivity contribution in [2.75, 3.05) is 0 Å². The van der Waals surface area contributed by atoms with E-state index < -0.39 is 12.1 Å². The summed E-state index contributed by atoms with van der Waals surface area (Å²) in [7, 11) is 1.65. The minimum atomic E-state index is -0.688. The van der Waals surface area contributed by atoms with Crippen molar-refractivity contribution < 1.29 is 9.90 Å². The first-order chi connectivity index (χ1) is 12.0. The number of aromatic nitrogens is 2. The number of aliphatic hydroxyl groups excluding tert-OH is 1. The quantitative estimate of drug-likeness (QED) is 0.660. The van der Waals surface area contributed by atoms with Crippen molar-refractivity contribution in [1.29, 1.82) is 0 Å². The van der Waals surface area contributed by atoms with Crippen molar-refractivity contribution in [1.82, 2.24) is 14.9 Å². The molecule has 0 saturated carbocycles. The molecule has 0 aliphatic rings. The number of benzene rings is 2. The number of carbonyl (C=O) groups is 1. The van der Waals surface area contributed by atoms with Crippen LogP contribution in [0.1, 0.15) is 22.8 Å². The van der Waals surface area contributed by atoms with Crippen LogP contribution in [0.2, 0.25) is 0 Å². The average Bonchev–Trinajstić information content (AvgIpc) is 2.89. The lowest BCUT2D eigenvalue weighted by molar-refractivity contribution is 0.0852. The molecule has 0 bridgehead atoms. The third kappa shape index (κ3) is 3.64. The Balaban J connectivity index is 1.70. The first kappa shape index (κ1) is 17.0. The molecule has 0 radical (unpaired) electrons. The van der Waals surface area contributed by atoms with Gasteiger partial charge in [-0.25, -0.2) is 4.79 Å². The normalized spacial score (nSPS) is 13.6. The van der Waals surface area contributed by atoms with E-state index in [9.17, 15) is 14.7 Å². The van der Waals surface area contributed by atoms with Gasteiger partial charge in [-0.2, -0.15) is 0 Å². The molecule has 6 nitrogen and oxygen atoms in total. The molecule has 3 aromatic rings. The van der Waals surface area contributed by atoms with Gasteiger partial charge in [0.15, 0.2) is 0 Å². The largest absolute Gasteiger partial charge is 0.391 e. The summed E-state index contributed by atoms with van der Waals surface area (Å²) in [5.74, 6) is -0.282. The predicted octanol–water partition coefficient (Wildman–Crippen LogP) is 1.59. The van der Waals surface area contributed by atoms with E-state index in [0.29, 0.717) is 23.0 Å². The van der Waals surface area contributed by atoms with Crippen molar-refractivity contribution >= 4 is 16.9 Å². The fraction of sp³-hybridized carbons (Fsp3) is 0.263. The van der Waals surface area contributed by atoms with Gasteiger partial charge < -0.3 is 15.4 Å². The van der Waals surface area contributed by atoms with Crippen molar-refractivity contribution in [3.63, 3.8) is 0 Å². The topological polar surface area (TPSA) is 87.1 Å². The van der Waals surface area contributed by atoms with Crippen molar-refractivity contribution in [2.45, 2.75) is 25.5 Å². The summed E-state index contributed by atoms with van der Waals surface area (Å²) in [6.45, 7) is 1.77. The summed E-state index contributed by atoms with van der Waals surface area (Å²) in [5.41, 5.74) is 2.58. The number of amides is 1. The van der Waals surface area contributed by atoms with E-state index in [1.807, 2.05) is 30.3 Å². The first-order valence-corrected chi connectivity index (χ1v) is 8.17. The van der Waals surface area contributed by atoms with Crippen LogP contribution in [-0.2, 0) is 13.5 Å². The third-order valence-corrected chi connectivity index (χ3v) is 4.39. The van der Waals surface area contributed by atoms with Gasteiger partial charge in [-0.3, -0.25) is 9.36 Å². The Labute approximate surface area is 145 Å². The molecular formula is C19H21N3O3. The molecular weight excluding hydrogens is 318 g/mol. The van der Waals surface area contributed by atoms with E-state index in [4.69, 9.17) is 0 Å². The Hall–Kier alpha value is -2.86. The van der Waals surface area contributed by atoms with Gasteiger partial charge >= 0.3 is 5.69 Å². The zero-order valence-corrected chi connectivity index (χ0v) is 14.2. The Morgan fingerprint density at radius 2 is 1.96 bits per heavy atom. The molecule has 1 heterocycles. The highest BCUT2D eigenvalue weighted by Gasteiger charge is 2.18. The first-order valence-electron chi connectivity index (χ1n) is 8.17. The molecule has 0 saturated heterocycles. The maximum atomic E-state index is 12.5. The zero-order chi connectivity index (χ0) is 18.0. The minimum Gasteiger partial charge on any atom is -0.391 e. The van der Waals surface area contributed by atoms with E-state index in [-0.39, 0.29) is 11.6 Å². The van der Waals surface area contributed by atoms with Gasteiger partial charge in [0.25, 0.3) is 5.91 Å². The fourth-order valence-electron chi connectivity index (χ4n) is 2.78. The smallest absolute Gasteiger partial charge is 0.326 e. The summed E-state index contributed by atoms with van der Waals surface area (Å²) in [6, 6.07) is 14.3. The Bertz CT molecular complexity index is 943. The van der Waals surface area contributed by atoms with Crippen LogP contribution < -0.4 is 11.0 Å². The summed E-state index contributed by atoms with van der Waals surface area (Å²) < 4.78 is 1.46. The zero-order valence-electron chi connectivity index (χ0n) is 14.2. The number of aromatic amines is 1. The van der Waals surface area contributed by atoms with Crippen LogP contribution >= 0.6 is 0 Å². The lowest BCUT2D eigenvalue weighted by Crippen LogP contribution is -2.42. The van der Waals surface area contributed by atoms with Gasteiger partial charge in [0, 0.05) is 19.0 Å². The Kier molecular flexibility index (Phi) is 4.72. The standard InChI is InChI=1S/C19H21N3O3/c1-12(17(23)10-13-6-4-3-5-7-13)20-18(24)14-8-9-15-16(11-14)22(2)19(25)21-15/h3-9,11-12,17,23H,10H2,1-2H3,(H,20,24)(H,21,25). The number of aryl methyl sites for hydroxylation is 1. The van der Waals surface area contributed by atoms with Crippen LogP contribution in [0, 0.1) is 0 Å². The number of carbonyl (C=O) groups excluding carboxylic acids is 1. The highest BCUT2D eigenvalue weighted by atomic mass is 16.3. The number of H-pyrrole nitrogens is 1. The molecule has 0 aliphatic heterocycles. The maximum absolute atomic E-state index is 12.5. The second-order valence-corrected chi connectivity index (χ2v) is 6.24. The van der Waals surface area contributed by atoms with Crippen LogP contribution in [0.5, 0.6) is 0 Å². The summed E-state index contributed by atoms with van der Waals surface area (Å²) >= 11 is 0. The maximum Gasteiger partial charge on any atom is 0.326 e. The Morgan fingerprint density at radius 3 is 2.68 bits per heavy atom. The van der Waals surface area contributed by atoms with E-state index >= 15 is 0 Å². The molecule has 3 N–H and O–H groups in total. The van der Waals surface area contributed by atoms with E-state index in [0.717, 1.165) is 5.56 Å². The number of fused-ring (bicyclic) bond motifs is 1. The average molecular weight is 339 g/mol. The van der Waals surface area contributed by atoms with E-state index in [2.05, 4.69) is 10.3 Å². The van der Waals surface area contributed by atoms with Gasteiger partial charge in [0.2, 0.25) is 0 Å². The van der Waals surface area contributed by atoms with Crippen LogP contribution in [0.25, 0.3) is 11.0 Å². The fourth-order valence-corrected chi connectivity index (χ4v) is 2.78. The number of aliphatic hydroxyl groups is 1. The second kappa shape index (κ2) is 6.94. The molecule has 2 aromatic carbocycles. The highest BCUT2D eigenvalue weighted by molar-refractivity contribution is 5.97. The molecule has 0 spiro atoms. The number of hydrogen-bond acceptors (Lipinski definition) is 3. The summed E-state index contributed by atoms with van der Waals surface area (Å²) in [6.07, 6.45) is -0.222. The summed E-state index contributed by atoms with van der Waals surface area (Å²) in [4.78, 5) is 26.8. The highest BCUT2D eigenvalue weighted by Crippen LogP contribution is 2.13.